The molecule has 0 aliphatic carbocycles. The number of anilines is 1. The number of benzene rings is 2. The highest BCUT2D eigenvalue weighted by molar-refractivity contribution is 7.80. The van der Waals surface area contributed by atoms with Crippen LogP contribution in [0.3, 0.4) is 0 Å². The molecule has 0 aromatic heterocycles. The summed E-state index contributed by atoms with van der Waals surface area (Å²) in [5.41, 5.74) is 1.99. The lowest BCUT2D eigenvalue weighted by Crippen LogP contribution is -2.49. The number of nitrogens with zero attached hydrogens (tertiary/aromatic N) is 1. The summed E-state index contributed by atoms with van der Waals surface area (Å²) >= 11 is 17.7. The van der Waals surface area contributed by atoms with Crippen molar-refractivity contribution in [2.75, 3.05) is 31.6 Å². The van der Waals surface area contributed by atoms with Crippen LogP contribution in [0.25, 0.3) is 0 Å². The van der Waals surface area contributed by atoms with E-state index in [0.29, 0.717) is 15.2 Å². The van der Waals surface area contributed by atoms with Crippen LogP contribution in [-0.2, 0) is 4.74 Å². The molecular formula is C20H23Cl2N3OS. The second-order valence-corrected chi connectivity index (χ2v) is 7.77. The van der Waals surface area contributed by atoms with Gasteiger partial charge in [-0.3, -0.25) is 4.90 Å². The Labute approximate surface area is 175 Å². The Morgan fingerprint density at radius 2 is 1.81 bits per heavy atom. The summed E-state index contributed by atoms with van der Waals surface area (Å²) in [7, 11) is 0. The second-order valence-electron chi connectivity index (χ2n) is 6.52. The van der Waals surface area contributed by atoms with E-state index >= 15 is 0 Å². The molecule has 7 heteroatoms. The molecule has 2 aromatic rings. The predicted molar refractivity (Wildman–Crippen MR) is 117 cm³/mol. The fourth-order valence-corrected chi connectivity index (χ4v) is 4.11. The largest absolute Gasteiger partial charge is 0.379 e. The fourth-order valence-electron chi connectivity index (χ4n) is 3.36. The summed E-state index contributed by atoms with van der Waals surface area (Å²) in [4.78, 5) is 2.44. The lowest BCUT2D eigenvalue weighted by atomic mass is 9.98. The van der Waals surface area contributed by atoms with Crippen LogP contribution in [0, 0.1) is 0 Å². The van der Waals surface area contributed by atoms with Crippen LogP contribution in [0.2, 0.25) is 10.0 Å². The third-order valence-corrected chi connectivity index (χ3v) is 5.36. The van der Waals surface area contributed by atoms with Gasteiger partial charge in [0.15, 0.2) is 5.11 Å². The SMILES string of the molecule is C[C@H](NC(=S)Nc1ccc(Cl)cc1Cl)[C@@H](c1ccccc1)N1CCOCC1. The molecule has 2 aromatic carbocycles. The molecule has 1 saturated heterocycles. The van der Waals surface area contributed by atoms with Gasteiger partial charge in [0.05, 0.1) is 30.0 Å². The minimum Gasteiger partial charge on any atom is -0.379 e. The maximum absolute atomic E-state index is 6.23. The average molecular weight is 424 g/mol. The lowest BCUT2D eigenvalue weighted by Gasteiger charge is -2.38. The van der Waals surface area contributed by atoms with E-state index < -0.39 is 0 Å². The zero-order valence-electron chi connectivity index (χ0n) is 15.1. The molecule has 144 valence electrons. The summed E-state index contributed by atoms with van der Waals surface area (Å²) in [6.45, 7) is 5.44. The molecule has 1 aliphatic heterocycles. The van der Waals surface area contributed by atoms with Crippen molar-refractivity contribution in [2.24, 2.45) is 0 Å². The summed E-state index contributed by atoms with van der Waals surface area (Å²) < 4.78 is 5.52. The molecule has 0 unspecified atom stereocenters. The molecule has 27 heavy (non-hydrogen) atoms. The normalized spacial score (nSPS) is 17.1. The van der Waals surface area contributed by atoms with Crippen LogP contribution >= 0.6 is 35.4 Å². The van der Waals surface area contributed by atoms with E-state index in [1.54, 1.807) is 12.1 Å². The van der Waals surface area contributed by atoms with E-state index in [1.807, 2.05) is 12.1 Å². The van der Waals surface area contributed by atoms with Gasteiger partial charge in [0.2, 0.25) is 0 Å². The molecule has 4 nitrogen and oxygen atoms in total. The quantitative estimate of drug-likeness (QED) is 0.678. The van der Waals surface area contributed by atoms with E-state index in [4.69, 9.17) is 40.2 Å². The van der Waals surface area contributed by atoms with Gasteiger partial charge in [-0.05, 0) is 42.9 Å². The lowest BCUT2D eigenvalue weighted by molar-refractivity contribution is 0.0102. The van der Waals surface area contributed by atoms with Gasteiger partial charge < -0.3 is 15.4 Å². The summed E-state index contributed by atoms with van der Waals surface area (Å²) in [6, 6.07) is 16.1. The van der Waals surface area contributed by atoms with Gasteiger partial charge in [0.25, 0.3) is 0 Å². The van der Waals surface area contributed by atoms with Crippen molar-refractivity contribution in [1.82, 2.24) is 10.2 Å². The highest BCUT2D eigenvalue weighted by Crippen LogP contribution is 2.27. The second kappa shape index (κ2) is 9.71. The van der Waals surface area contributed by atoms with Crippen LogP contribution in [0.1, 0.15) is 18.5 Å². The van der Waals surface area contributed by atoms with Crippen LogP contribution in [0.15, 0.2) is 48.5 Å². The average Bonchev–Trinajstić information content (AvgIpc) is 2.66. The van der Waals surface area contributed by atoms with Crippen LogP contribution < -0.4 is 10.6 Å². The monoisotopic (exact) mass is 423 g/mol. The van der Waals surface area contributed by atoms with E-state index in [9.17, 15) is 0 Å². The highest BCUT2D eigenvalue weighted by Gasteiger charge is 2.28. The first-order valence-corrected chi connectivity index (χ1v) is 10.1. The Hall–Kier alpha value is -1.37. The molecule has 0 spiro atoms. The molecule has 0 amide bonds. The van der Waals surface area contributed by atoms with Gasteiger partial charge in [-0.2, -0.15) is 0 Å². The van der Waals surface area contributed by atoms with Gasteiger partial charge in [-0.1, -0.05) is 53.5 Å². The maximum Gasteiger partial charge on any atom is 0.171 e. The third-order valence-electron chi connectivity index (χ3n) is 4.59. The van der Waals surface area contributed by atoms with Crippen molar-refractivity contribution in [3.8, 4) is 0 Å². The number of ether oxygens (including phenoxy) is 1. The van der Waals surface area contributed by atoms with Crippen molar-refractivity contribution in [2.45, 2.75) is 19.0 Å². The first kappa shape index (κ1) is 20.4. The van der Waals surface area contributed by atoms with Gasteiger partial charge in [-0.25, -0.2) is 0 Å². The smallest absolute Gasteiger partial charge is 0.171 e. The number of halogens is 2. The molecule has 1 fully saturated rings. The van der Waals surface area contributed by atoms with Crippen LogP contribution in [0.5, 0.6) is 0 Å². The van der Waals surface area contributed by atoms with Gasteiger partial charge in [0.1, 0.15) is 0 Å². The van der Waals surface area contributed by atoms with Crippen molar-refractivity contribution in [3.63, 3.8) is 0 Å². The number of hydrogen-bond acceptors (Lipinski definition) is 3. The fraction of sp³-hybridized carbons (Fsp3) is 0.350. The Morgan fingerprint density at radius 3 is 2.48 bits per heavy atom. The van der Waals surface area contributed by atoms with Crippen molar-refractivity contribution in [1.29, 1.82) is 0 Å². The minimum absolute atomic E-state index is 0.0941. The third kappa shape index (κ3) is 5.56. The standard InChI is InChI=1S/C20H23Cl2N3OS/c1-14(23-20(27)24-18-8-7-16(21)13-17(18)22)19(15-5-3-2-4-6-15)25-9-11-26-12-10-25/h2-8,13-14,19H,9-12H2,1H3,(H2,23,24,27)/t14-,19-/m0/s1. The highest BCUT2D eigenvalue weighted by atomic mass is 35.5. The molecule has 2 N–H and O–H groups in total. The Morgan fingerprint density at radius 1 is 1.11 bits per heavy atom. The Kier molecular flexibility index (Phi) is 7.33. The zero-order chi connectivity index (χ0) is 19.2. The van der Waals surface area contributed by atoms with Gasteiger partial charge >= 0.3 is 0 Å². The molecule has 0 bridgehead atoms. The molecule has 1 heterocycles. The van der Waals surface area contributed by atoms with Crippen molar-refractivity contribution < 1.29 is 4.74 Å². The Bertz CT molecular complexity index is 769. The number of hydrogen-bond donors (Lipinski definition) is 2. The van der Waals surface area contributed by atoms with E-state index in [-0.39, 0.29) is 12.1 Å². The molecule has 0 saturated carbocycles. The van der Waals surface area contributed by atoms with E-state index in [1.165, 1.54) is 5.56 Å². The van der Waals surface area contributed by atoms with Gasteiger partial charge in [0, 0.05) is 24.2 Å². The molecule has 0 radical (unpaired) electrons. The van der Waals surface area contributed by atoms with Crippen molar-refractivity contribution in [3.05, 3.63) is 64.1 Å². The summed E-state index contributed by atoms with van der Waals surface area (Å²) in [6.07, 6.45) is 0. The molecule has 3 rings (SSSR count). The number of rotatable bonds is 5. The van der Waals surface area contributed by atoms with E-state index in [2.05, 4.69) is 46.7 Å². The molecular weight excluding hydrogens is 401 g/mol. The molecule has 2 atom stereocenters. The summed E-state index contributed by atoms with van der Waals surface area (Å²) in [5.74, 6) is 0. The predicted octanol–water partition coefficient (Wildman–Crippen LogP) is 4.74. The first-order chi connectivity index (χ1) is 13.0. The topological polar surface area (TPSA) is 36.5 Å². The Balaban J connectivity index is 1.71. The number of nitrogens with one attached hydrogen (secondary N) is 2. The maximum atomic E-state index is 6.23. The first-order valence-electron chi connectivity index (χ1n) is 8.94. The molecule has 1 aliphatic rings. The zero-order valence-corrected chi connectivity index (χ0v) is 17.4. The van der Waals surface area contributed by atoms with Crippen molar-refractivity contribution >= 4 is 46.2 Å². The minimum atomic E-state index is 0.0941. The van der Waals surface area contributed by atoms with Crippen LogP contribution in [0.4, 0.5) is 5.69 Å². The van der Waals surface area contributed by atoms with E-state index in [0.717, 1.165) is 32.0 Å². The number of thiocarbonyl (C=S) groups is 1. The van der Waals surface area contributed by atoms with Gasteiger partial charge in [-0.15, -0.1) is 0 Å². The number of morpholine rings is 1. The van der Waals surface area contributed by atoms with Crippen LogP contribution in [-0.4, -0.2) is 42.4 Å². The summed E-state index contributed by atoms with van der Waals surface area (Å²) in [5, 5.41) is 8.23.